The molecule has 0 aliphatic heterocycles. The van der Waals surface area contributed by atoms with Crippen molar-refractivity contribution in [3.05, 3.63) is 53.7 Å². The summed E-state index contributed by atoms with van der Waals surface area (Å²) in [5, 5.41) is 8.75. The highest BCUT2D eigenvalue weighted by molar-refractivity contribution is 5.37. The Kier molecular flexibility index (Phi) is 2.84. The van der Waals surface area contributed by atoms with Crippen molar-refractivity contribution >= 4 is 0 Å². The number of benzene rings is 1. The molecule has 0 saturated heterocycles. The number of aromatic nitrogens is 1. The third-order valence-corrected chi connectivity index (χ3v) is 2.17. The van der Waals surface area contributed by atoms with Gasteiger partial charge in [0.2, 0.25) is 5.88 Å². The quantitative estimate of drug-likeness (QED) is 0.765. The Morgan fingerprint density at radius 1 is 1.25 bits per heavy atom. The molecule has 0 radical (unpaired) electrons. The molecule has 2 rings (SSSR count). The summed E-state index contributed by atoms with van der Waals surface area (Å²) in [5.41, 5.74) is 1.57. The van der Waals surface area contributed by atoms with Gasteiger partial charge in [0, 0.05) is 12.3 Å². The van der Waals surface area contributed by atoms with Gasteiger partial charge in [0.1, 0.15) is 5.75 Å². The smallest absolute Gasteiger partial charge is 0.220 e. The highest BCUT2D eigenvalue weighted by Gasteiger charge is 2.02. The van der Waals surface area contributed by atoms with Gasteiger partial charge in [-0.1, -0.05) is 18.2 Å². The Hall–Kier alpha value is -2.34. The number of nitriles is 1. The predicted octanol–water partition coefficient (Wildman–Crippen LogP) is 3.05. The van der Waals surface area contributed by atoms with Crippen molar-refractivity contribution in [3.8, 4) is 17.7 Å². The van der Waals surface area contributed by atoms with Crippen LogP contribution in [0.1, 0.15) is 11.1 Å². The van der Waals surface area contributed by atoms with Crippen molar-refractivity contribution in [2.24, 2.45) is 0 Å². The molecular weight excluding hydrogens is 200 g/mol. The zero-order valence-corrected chi connectivity index (χ0v) is 8.84. The third kappa shape index (κ3) is 2.18. The Labute approximate surface area is 93.9 Å². The minimum atomic E-state index is 0.438. The first-order chi connectivity index (χ1) is 7.79. The van der Waals surface area contributed by atoms with Gasteiger partial charge in [-0.25, -0.2) is 4.98 Å². The van der Waals surface area contributed by atoms with E-state index >= 15 is 0 Å². The van der Waals surface area contributed by atoms with Crippen LogP contribution in [-0.4, -0.2) is 4.98 Å². The summed E-state index contributed by atoms with van der Waals surface area (Å²) in [5.74, 6) is 1.19. The largest absolute Gasteiger partial charge is 0.439 e. The van der Waals surface area contributed by atoms with E-state index in [1.165, 1.54) is 0 Å². The summed E-state index contributed by atoms with van der Waals surface area (Å²) in [6.07, 6.45) is 1.56. The topological polar surface area (TPSA) is 45.9 Å². The molecule has 0 saturated carbocycles. The van der Waals surface area contributed by atoms with Gasteiger partial charge in [0.05, 0.1) is 11.6 Å². The molecule has 78 valence electrons. The van der Waals surface area contributed by atoms with E-state index in [0.717, 1.165) is 11.3 Å². The summed E-state index contributed by atoms with van der Waals surface area (Å²) < 4.78 is 5.59. The highest BCUT2D eigenvalue weighted by atomic mass is 16.5. The minimum absolute atomic E-state index is 0.438. The van der Waals surface area contributed by atoms with Gasteiger partial charge >= 0.3 is 0 Å². The second-order valence-electron chi connectivity index (χ2n) is 3.36. The van der Waals surface area contributed by atoms with E-state index < -0.39 is 0 Å². The lowest BCUT2D eigenvalue weighted by Crippen LogP contribution is -1.90. The van der Waals surface area contributed by atoms with Gasteiger partial charge in [-0.15, -0.1) is 0 Å². The van der Waals surface area contributed by atoms with Gasteiger partial charge in [-0.3, -0.25) is 0 Å². The fraction of sp³-hybridized carbons (Fsp3) is 0.0769. The minimum Gasteiger partial charge on any atom is -0.439 e. The lowest BCUT2D eigenvalue weighted by Gasteiger charge is -2.06. The van der Waals surface area contributed by atoms with Crippen LogP contribution in [-0.2, 0) is 0 Å². The first-order valence-electron chi connectivity index (χ1n) is 4.89. The number of pyridine rings is 1. The number of ether oxygens (including phenoxy) is 1. The number of nitrogens with zero attached hydrogens (tertiary/aromatic N) is 2. The summed E-state index contributed by atoms with van der Waals surface area (Å²) in [6.45, 7) is 1.96. The monoisotopic (exact) mass is 210 g/mol. The highest BCUT2D eigenvalue weighted by Crippen LogP contribution is 2.23. The van der Waals surface area contributed by atoms with Crippen molar-refractivity contribution in [2.75, 3.05) is 0 Å². The Balaban J connectivity index is 2.28. The zero-order valence-electron chi connectivity index (χ0n) is 8.84. The van der Waals surface area contributed by atoms with Crippen LogP contribution in [0.25, 0.3) is 0 Å². The molecule has 0 spiro atoms. The van der Waals surface area contributed by atoms with E-state index in [1.54, 1.807) is 18.3 Å². The van der Waals surface area contributed by atoms with Crippen LogP contribution in [0.15, 0.2) is 42.6 Å². The number of hydrogen-bond acceptors (Lipinski definition) is 3. The predicted molar refractivity (Wildman–Crippen MR) is 60.2 cm³/mol. The van der Waals surface area contributed by atoms with Crippen LogP contribution < -0.4 is 4.74 Å². The molecule has 0 bridgehead atoms. The average Bonchev–Trinajstić information content (AvgIpc) is 2.32. The number of rotatable bonds is 2. The Bertz CT molecular complexity index is 544. The standard InChI is InChI=1S/C13H10N2O/c1-10-4-2-3-5-12(10)16-13-8-11(9-14)6-7-15-13/h2-8H,1H3. The lowest BCUT2D eigenvalue weighted by molar-refractivity contribution is 0.459. The molecule has 3 heteroatoms. The SMILES string of the molecule is Cc1ccccc1Oc1cc(C#N)ccn1. The molecule has 0 amide bonds. The van der Waals surface area contributed by atoms with Crippen LogP contribution in [0.5, 0.6) is 11.6 Å². The van der Waals surface area contributed by atoms with E-state index in [9.17, 15) is 0 Å². The van der Waals surface area contributed by atoms with Gasteiger partial charge in [-0.2, -0.15) is 5.26 Å². The van der Waals surface area contributed by atoms with Crippen LogP contribution in [0, 0.1) is 18.3 Å². The first kappa shape index (κ1) is 10.2. The molecule has 16 heavy (non-hydrogen) atoms. The van der Waals surface area contributed by atoms with Gasteiger partial charge in [-0.05, 0) is 24.6 Å². The average molecular weight is 210 g/mol. The number of para-hydroxylation sites is 1. The van der Waals surface area contributed by atoms with E-state index in [0.29, 0.717) is 11.4 Å². The molecule has 3 nitrogen and oxygen atoms in total. The number of aryl methyl sites for hydroxylation is 1. The molecule has 0 unspecified atom stereocenters. The first-order valence-corrected chi connectivity index (χ1v) is 4.89. The van der Waals surface area contributed by atoms with Crippen molar-refractivity contribution in [1.82, 2.24) is 4.98 Å². The maximum absolute atomic E-state index is 8.75. The second-order valence-corrected chi connectivity index (χ2v) is 3.36. The molecule has 0 aliphatic carbocycles. The molecule has 0 aliphatic rings. The molecule has 0 N–H and O–H groups in total. The van der Waals surface area contributed by atoms with E-state index in [1.807, 2.05) is 37.3 Å². The maximum Gasteiger partial charge on any atom is 0.220 e. The normalized spacial score (nSPS) is 9.50. The fourth-order valence-electron chi connectivity index (χ4n) is 1.32. The van der Waals surface area contributed by atoms with E-state index in [2.05, 4.69) is 4.98 Å². The Morgan fingerprint density at radius 3 is 2.81 bits per heavy atom. The van der Waals surface area contributed by atoms with Gasteiger partial charge < -0.3 is 4.74 Å². The summed E-state index contributed by atoms with van der Waals surface area (Å²) >= 11 is 0. The fourth-order valence-corrected chi connectivity index (χ4v) is 1.32. The number of hydrogen-bond donors (Lipinski definition) is 0. The van der Waals surface area contributed by atoms with Crippen LogP contribution in [0.2, 0.25) is 0 Å². The van der Waals surface area contributed by atoms with Crippen LogP contribution in [0.3, 0.4) is 0 Å². The van der Waals surface area contributed by atoms with Gasteiger partial charge in [0.25, 0.3) is 0 Å². The summed E-state index contributed by atoms with van der Waals surface area (Å²) in [7, 11) is 0. The second kappa shape index (κ2) is 4.45. The summed E-state index contributed by atoms with van der Waals surface area (Å²) in [6, 6.07) is 13.0. The van der Waals surface area contributed by atoms with Crippen molar-refractivity contribution < 1.29 is 4.74 Å². The van der Waals surface area contributed by atoms with Crippen LogP contribution in [0.4, 0.5) is 0 Å². The Morgan fingerprint density at radius 2 is 2.06 bits per heavy atom. The maximum atomic E-state index is 8.75. The molecule has 0 fully saturated rings. The van der Waals surface area contributed by atoms with E-state index in [4.69, 9.17) is 10.00 Å². The van der Waals surface area contributed by atoms with Crippen molar-refractivity contribution in [2.45, 2.75) is 6.92 Å². The van der Waals surface area contributed by atoms with Crippen LogP contribution >= 0.6 is 0 Å². The van der Waals surface area contributed by atoms with Crippen molar-refractivity contribution in [1.29, 1.82) is 5.26 Å². The third-order valence-electron chi connectivity index (χ3n) is 2.17. The van der Waals surface area contributed by atoms with Gasteiger partial charge in [0.15, 0.2) is 0 Å². The van der Waals surface area contributed by atoms with Crippen molar-refractivity contribution in [3.63, 3.8) is 0 Å². The molecule has 0 atom stereocenters. The van der Waals surface area contributed by atoms with E-state index in [-0.39, 0.29) is 0 Å². The molecule has 1 heterocycles. The molecule has 2 aromatic rings. The molecule has 1 aromatic heterocycles. The lowest BCUT2D eigenvalue weighted by atomic mass is 10.2. The summed E-state index contributed by atoms with van der Waals surface area (Å²) in [4.78, 5) is 4.05. The molecule has 1 aromatic carbocycles. The molecular formula is C13H10N2O. The zero-order chi connectivity index (χ0) is 11.4.